The Morgan fingerprint density at radius 1 is 0.333 bits per heavy atom. The molecular weight excluding hydrogens is 360 g/mol. The molecule has 0 radical (unpaired) electrons. The van der Waals surface area contributed by atoms with Crippen LogP contribution in [0.2, 0.25) is 0 Å². The SMILES string of the molecule is C=CCCCCCCCCCCCCC.C=CCCCCCCCCCCCCC. The molecule has 0 saturated carbocycles. The van der Waals surface area contributed by atoms with Crippen LogP contribution >= 0.6 is 0 Å². The van der Waals surface area contributed by atoms with Gasteiger partial charge < -0.3 is 0 Å². The summed E-state index contributed by atoms with van der Waals surface area (Å²) in [5, 5.41) is 0. The molecule has 0 bridgehead atoms. The first-order valence-electron chi connectivity index (χ1n) is 14.0. The summed E-state index contributed by atoms with van der Waals surface area (Å²) in [6.45, 7) is 12.0. The Morgan fingerprint density at radius 2 is 0.533 bits per heavy atom. The lowest BCUT2D eigenvalue weighted by atomic mass is 10.1. The van der Waals surface area contributed by atoms with Crippen LogP contribution in [0.4, 0.5) is 0 Å². The van der Waals surface area contributed by atoms with Gasteiger partial charge in [-0.15, -0.1) is 13.2 Å². The molecule has 0 nitrogen and oxygen atoms in total. The standard InChI is InChI=1S/2C15H30/c2*1-3-5-7-9-11-13-15-14-12-10-8-6-4-2/h2*3H,1,4-15H2,2H3. The highest BCUT2D eigenvalue weighted by molar-refractivity contribution is 4.65. The molecule has 0 heterocycles. The van der Waals surface area contributed by atoms with Crippen molar-refractivity contribution in [2.75, 3.05) is 0 Å². The van der Waals surface area contributed by atoms with Crippen LogP contribution < -0.4 is 0 Å². The van der Waals surface area contributed by atoms with E-state index >= 15 is 0 Å². The van der Waals surface area contributed by atoms with E-state index in [1.54, 1.807) is 0 Å². The third-order valence-corrected chi connectivity index (χ3v) is 6.02. The average molecular weight is 421 g/mol. The zero-order chi connectivity index (χ0) is 22.4. The summed E-state index contributed by atoms with van der Waals surface area (Å²) in [4.78, 5) is 0. The molecular formula is C30H60. The van der Waals surface area contributed by atoms with Gasteiger partial charge in [-0.05, 0) is 25.7 Å². The maximum Gasteiger partial charge on any atom is -0.0353 e. The van der Waals surface area contributed by atoms with Crippen LogP contribution in [-0.2, 0) is 0 Å². The van der Waals surface area contributed by atoms with Gasteiger partial charge in [0.05, 0.1) is 0 Å². The fourth-order valence-electron chi connectivity index (χ4n) is 3.91. The molecule has 0 aliphatic heterocycles. The predicted molar refractivity (Wildman–Crippen MR) is 143 cm³/mol. The summed E-state index contributed by atoms with van der Waals surface area (Å²) >= 11 is 0. The Morgan fingerprint density at radius 3 is 0.733 bits per heavy atom. The van der Waals surface area contributed by atoms with Crippen LogP contribution in [-0.4, -0.2) is 0 Å². The largest absolute Gasteiger partial charge is 0.103 e. The Hall–Kier alpha value is -0.520. The third-order valence-electron chi connectivity index (χ3n) is 6.02. The molecule has 0 aliphatic rings. The second-order valence-corrected chi connectivity index (χ2v) is 9.23. The van der Waals surface area contributed by atoms with E-state index in [2.05, 4.69) is 27.0 Å². The summed E-state index contributed by atoms with van der Waals surface area (Å²) in [6, 6.07) is 0. The second kappa shape index (κ2) is 33.1. The molecule has 0 aromatic heterocycles. The maximum atomic E-state index is 3.74. The van der Waals surface area contributed by atoms with Crippen molar-refractivity contribution in [3.63, 3.8) is 0 Å². The number of rotatable bonds is 24. The lowest BCUT2D eigenvalue weighted by Gasteiger charge is -2.01. The van der Waals surface area contributed by atoms with Gasteiger partial charge in [-0.2, -0.15) is 0 Å². The van der Waals surface area contributed by atoms with E-state index in [9.17, 15) is 0 Å². The Balaban J connectivity index is 0. The first-order chi connectivity index (χ1) is 14.8. The predicted octanol–water partition coefficient (Wildman–Crippen LogP) is 11.7. The summed E-state index contributed by atoms with van der Waals surface area (Å²) in [5.41, 5.74) is 0. The van der Waals surface area contributed by atoms with Crippen molar-refractivity contribution < 1.29 is 0 Å². The van der Waals surface area contributed by atoms with Crippen molar-refractivity contribution in [2.24, 2.45) is 0 Å². The van der Waals surface area contributed by atoms with Crippen LogP contribution in [0.5, 0.6) is 0 Å². The van der Waals surface area contributed by atoms with E-state index in [0.717, 1.165) is 0 Å². The molecule has 0 fully saturated rings. The van der Waals surface area contributed by atoms with Gasteiger partial charge in [-0.1, -0.05) is 154 Å². The maximum absolute atomic E-state index is 3.74. The van der Waals surface area contributed by atoms with Crippen molar-refractivity contribution in [1.29, 1.82) is 0 Å². The molecule has 0 unspecified atom stereocenters. The number of unbranched alkanes of at least 4 members (excludes halogenated alkanes) is 22. The summed E-state index contributed by atoms with van der Waals surface area (Å²) < 4.78 is 0. The Kier molecular flexibility index (Phi) is 35.0. The van der Waals surface area contributed by atoms with Gasteiger partial charge in [0.2, 0.25) is 0 Å². The van der Waals surface area contributed by atoms with Gasteiger partial charge in [-0.25, -0.2) is 0 Å². The van der Waals surface area contributed by atoms with E-state index < -0.39 is 0 Å². The molecule has 0 N–H and O–H groups in total. The molecule has 30 heavy (non-hydrogen) atoms. The van der Waals surface area contributed by atoms with Gasteiger partial charge in [0.25, 0.3) is 0 Å². The summed E-state index contributed by atoms with van der Waals surface area (Å²) in [6.07, 6.45) is 38.0. The van der Waals surface area contributed by atoms with Crippen molar-refractivity contribution in [3.05, 3.63) is 25.3 Å². The molecule has 0 atom stereocenters. The molecule has 0 rings (SSSR count). The molecule has 180 valence electrons. The lowest BCUT2D eigenvalue weighted by Crippen LogP contribution is -1.81. The lowest BCUT2D eigenvalue weighted by molar-refractivity contribution is 0.550. The summed E-state index contributed by atoms with van der Waals surface area (Å²) in [7, 11) is 0. The Bertz CT molecular complexity index is 260. The van der Waals surface area contributed by atoms with Crippen molar-refractivity contribution >= 4 is 0 Å². The normalized spacial score (nSPS) is 10.5. The van der Waals surface area contributed by atoms with Crippen LogP contribution in [0, 0.1) is 0 Å². The smallest absolute Gasteiger partial charge is 0.0353 e. The van der Waals surface area contributed by atoms with E-state index in [-0.39, 0.29) is 0 Å². The number of hydrogen-bond donors (Lipinski definition) is 0. The van der Waals surface area contributed by atoms with Gasteiger partial charge in [-0.3, -0.25) is 0 Å². The average Bonchev–Trinajstić information content (AvgIpc) is 2.76. The minimum atomic E-state index is 1.21. The zero-order valence-electron chi connectivity index (χ0n) is 21.5. The highest BCUT2D eigenvalue weighted by Crippen LogP contribution is 2.12. The van der Waals surface area contributed by atoms with Crippen molar-refractivity contribution in [3.8, 4) is 0 Å². The van der Waals surface area contributed by atoms with Crippen LogP contribution in [0.3, 0.4) is 0 Å². The first-order valence-corrected chi connectivity index (χ1v) is 14.0. The highest BCUT2D eigenvalue weighted by Gasteiger charge is 1.93. The van der Waals surface area contributed by atoms with Gasteiger partial charge >= 0.3 is 0 Å². The van der Waals surface area contributed by atoms with Crippen LogP contribution in [0.1, 0.15) is 168 Å². The minimum absolute atomic E-state index is 1.21. The van der Waals surface area contributed by atoms with E-state index in [1.165, 1.54) is 154 Å². The minimum Gasteiger partial charge on any atom is -0.103 e. The summed E-state index contributed by atoms with van der Waals surface area (Å²) in [5.74, 6) is 0. The van der Waals surface area contributed by atoms with Gasteiger partial charge in [0, 0.05) is 0 Å². The molecule has 0 amide bonds. The fourth-order valence-corrected chi connectivity index (χ4v) is 3.91. The van der Waals surface area contributed by atoms with Gasteiger partial charge in [0.15, 0.2) is 0 Å². The van der Waals surface area contributed by atoms with Crippen LogP contribution in [0.15, 0.2) is 25.3 Å². The topological polar surface area (TPSA) is 0 Å². The zero-order valence-corrected chi connectivity index (χ0v) is 21.5. The van der Waals surface area contributed by atoms with Crippen molar-refractivity contribution in [1.82, 2.24) is 0 Å². The van der Waals surface area contributed by atoms with Crippen LogP contribution in [0.25, 0.3) is 0 Å². The molecule has 0 saturated heterocycles. The molecule has 0 spiro atoms. The van der Waals surface area contributed by atoms with E-state index in [1.807, 2.05) is 12.2 Å². The van der Waals surface area contributed by atoms with E-state index in [4.69, 9.17) is 0 Å². The number of allylic oxidation sites excluding steroid dienone is 2. The monoisotopic (exact) mass is 420 g/mol. The first kappa shape index (κ1) is 31.7. The second-order valence-electron chi connectivity index (χ2n) is 9.23. The van der Waals surface area contributed by atoms with E-state index in [0.29, 0.717) is 0 Å². The molecule has 0 aromatic carbocycles. The molecule has 0 aliphatic carbocycles. The molecule has 0 heteroatoms. The highest BCUT2D eigenvalue weighted by atomic mass is 14.0. The van der Waals surface area contributed by atoms with Gasteiger partial charge in [0.1, 0.15) is 0 Å². The quantitative estimate of drug-likeness (QED) is 0.107. The third kappa shape index (κ3) is 35.0. The fraction of sp³-hybridized carbons (Fsp3) is 0.867. The number of hydrogen-bond acceptors (Lipinski definition) is 0. The Labute approximate surface area is 193 Å². The molecule has 0 aromatic rings. The van der Waals surface area contributed by atoms with Crippen molar-refractivity contribution in [2.45, 2.75) is 168 Å².